The lowest BCUT2D eigenvalue weighted by atomic mass is 10.1. The summed E-state index contributed by atoms with van der Waals surface area (Å²) in [5.41, 5.74) is 0. The highest BCUT2D eigenvalue weighted by Gasteiger charge is 2.31. The van der Waals surface area contributed by atoms with Gasteiger partial charge in [-0.1, -0.05) is 12.8 Å². The first kappa shape index (κ1) is 13.8. The third-order valence-corrected chi connectivity index (χ3v) is 4.39. The van der Waals surface area contributed by atoms with Crippen LogP contribution >= 0.6 is 0 Å². The predicted molar refractivity (Wildman–Crippen MR) is 73.5 cm³/mol. The van der Waals surface area contributed by atoms with Crippen molar-refractivity contribution >= 4 is 5.91 Å². The number of amides is 1. The minimum Gasteiger partial charge on any atom is -0.348 e. The van der Waals surface area contributed by atoms with E-state index < -0.39 is 0 Å². The normalized spacial score (nSPS) is 28.3. The van der Waals surface area contributed by atoms with E-state index in [4.69, 9.17) is 0 Å². The van der Waals surface area contributed by atoms with Gasteiger partial charge in [-0.3, -0.25) is 9.69 Å². The molecule has 0 aromatic rings. The van der Waals surface area contributed by atoms with Crippen LogP contribution in [-0.2, 0) is 4.79 Å². The van der Waals surface area contributed by atoms with Crippen molar-refractivity contribution in [3.63, 3.8) is 0 Å². The van der Waals surface area contributed by atoms with Crippen molar-refractivity contribution in [1.29, 1.82) is 0 Å². The molecule has 1 unspecified atom stereocenters. The topological polar surface area (TPSA) is 26.8 Å². The zero-order valence-corrected chi connectivity index (χ0v) is 12.1. The first-order chi connectivity index (χ1) is 8.58. The maximum atomic E-state index is 12.2. The molecular weight excluding hydrogens is 226 g/mol. The predicted octanol–water partition coefficient (Wildman–Crippen LogP) is 0.881. The van der Waals surface area contributed by atoms with E-state index in [-0.39, 0.29) is 11.8 Å². The summed E-state index contributed by atoms with van der Waals surface area (Å²) in [6, 6.07) is 0.731. The number of likely N-dealkylation sites (N-methyl/N-ethyl adjacent to an activating group) is 1. The Hall–Kier alpha value is -0.610. The lowest BCUT2D eigenvalue weighted by Crippen LogP contribution is -2.42. The van der Waals surface area contributed by atoms with Gasteiger partial charge in [0.1, 0.15) is 0 Å². The molecule has 1 heterocycles. The van der Waals surface area contributed by atoms with Crippen LogP contribution < -0.4 is 0 Å². The van der Waals surface area contributed by atoms with Gasteiger partial charge < -0.3 is 9.80 Å². The van der Waals surface area contributed by atoms with E-state index in [9.17, 15) is 4.79 Å². The van der Waals surface area contributed by atoms with Gasteiger partial charge in [0.2, 0.25) is 5.91 Å². The SMILES string of the molecule is CN1CCN(C2CCCC2)CC(C(=O)N(C)C)C1. The summed E-state index contributed by atoms with van der Waals surface area (Å²) in [4.78, 5) is 18.9. The van der Waals surface area contributed by atoms with Crippen molar-refractivity contribution < 1.29 is 4.79 Å². The van der Waals surface area contributed by atoms with E-state index in [1.165, 1.54) is 25.7 Å². The van der Waals surface area contributed by atoms with Crippen molar-refractivity contribution in [2.24, 2.45) is 5.92 Å². The molecule has 18 heavy (non-hydrogen) atoms. The quantitative estimate of drug-likeness (QED) is 0.731. The number of carbonyl (C=O) groups excluding carboxylic acids is 1. The van der Waals surface area contributed by atoms with E-state index in [0.717, 1.165) is 32.2 Å². The number of carbonyl (C=O) groups is 1. The first-order valence-corrected chi connectivity index (χ1v) is 7.21. The molecular formula is C14H27N3O. The summed E-state index contributed by atoms with van der Waals surface area (Å²) in [5, 5.41) is 0. The lowest BCUT2D eigenvalue weighted by Gasteiger charge is -2.30. The fourth-order valence-corrected chi connectivity index (χ4v) is 3.32. The fraction of sp³-hybridized carbons (Fsp3) is 0.929. The largest absolute Gasteiger partial charge is 0.348 e. The van der Waals surface area contributed by atoms with Crippen LogP contribution in [0.15, 0.2) is 0 Å². The number of hydrogen-bond donors (Lipinski definition) is 0. The van der Waals surface area contributed by atoms with Crippen molar-refractivity contribution in [3.8, 4) is 0 Å². The van der Waals surface area contributed by atoms with Crippen LogP contribution in [-0.4, -0.2) is 74.0 Å². The Bertz CT molecular complexity index is 287. The molecule has 2 fully saturated rings. The summed E-state index contributed by atoms with van der Waals surface area (Å²) < 4.78 is 0. The van der Waals surface area contributed by atoms with Crippen LogP contribution in [0.3, 0.4) is 0 Å². The molecule has 1 amide bonds. The third kappa shape index (κ3) is 3.23. The molecule has 4 heteroatoms. The Balaban J connectivity index is 2.02. The second-order valence-corrected chi connectivity index (χ2v) is 6.13. The molecule has 0 aromatic heterocycles. The van der Waals surface area contributed by atoms with Crippen molar-refractivity contribution in [1.82, 2.24) is 14.7 Å². The van der Waals surface area contributed by atoms with Crippen LogP contribution in [0.2, 0.25) is 0 Å². The number of hydrogen-bond acceptors (Lipinski definition) is 3. The highest BCUT2D eigenvalue weighted by Crippen LogP contribution is 2.25. The van der Waals surface area contributed by atoms with Crippen molar-refractivity contribution in [2.75, 3.05) is 47.3 Å². The fourth-order valence-electron chi connectivity index (χ4n) is 3.32. The van der Waals surface area contributed by atoms with Crippen LogP contribution in [0.5, 0.6) is 0 Å². The monoisotopic (exact) mass is 253 g/mol. The Morgan fingerprint density at radius 3 is 2.39 bits per heavy atom. The molecule has 0 N–H and O–H groups in total. The Morgan fingerprint density at radius 1 is 1.11 bits per heavy atom. The van der Waals surface area contributed by atoms with Gasteiger partial charge in [-0.2, -0.15) is 0 Å². The molecule has 1 atom stereocenters. The van der Waals surface area contributed by atoms with Gasteiger partial charge in [-0.25, -0.2) is 0 Å². The minimum absolute atomic E-state index is 0.146. The van der Waals surface area contributed by atoms with Crippen molar-refractivity contribution in [2.45, 2.75) is 31.7 Å². The Morgan fingerprint density at radius 2 is 1.78 bits per heavy atom. The van der Waals surface area contributed by atoms with Crippen LogP contribution in [0.1, 0.15) is 25.7 Å². The number of rotatable bonds is 2. The van der Waals surface area contributed by atoms with E-state index >= 15 is 0 Å². The molecule has 4 nitrogen and oxygen atoms in total. The zero-order valence-electron chi connectivity index (χ0n) is 12.1. The smallest absolute Gasteiger partial charge is 0.227 e. The van der Waals surface area contributed by atoms with Gasteiger partial charge in [0.05, 0.1) is 5.92 Å². The van der Waals surface area contributed by atoms with Gasteiger partial charge in [-0.05, 0) is 19.9 Å². The van der Waals surface area contributed by atoms with Crippen molar-refractivity contribution in [3.05, 3.63) is 0 Å². The Labute approximate surface area is 111 Å². The molecule has 2 aliphatic rings. The molecule has 0 bridgehead atoms. The van der Waals surface area contributed by atoms with E-state index in [2.05, 4.69) is 16.8 Å². The molecule has 1 saturated heterocycles. The van der Waals surface area contributed by atoms with Crippen LogP contribution in [0.4, 0.5) is 0 Å². The summed E-state index contributed by atoms with van der Waals surface area (Å²) in [7, 11) is 5.87. The molecule has 104 valence electrons. The molecule has 0 aromatic carbocycles. The maximum Gasteiger partial charge on any atom is 0.227 e. The summed E-state index contributed by atoms with van der Waals surface area (Å²) in [5.74, 6) is 0.430. The molecule has 1 aliphatic heterocycles. The third-order valence-electron chi connectivity index (χ3n) is 4.39. The van der Waals surface area contributed by atoms with Gasteiger partial charge >= 0.3 is 0 Å². The molecule has 0 radical (unpaired) electrons. The second-order valence-electron chi connectivity index (χ2n) is 6.13. The maximum absolute atomic E-state index is 12.2. The van der Waals surface area contributed by atoms with E-state index in [1.807, 2.05) is 14.1 Å². The minimum atomic E-state index is 0.146. The average molecular weight is 253 g/mol. The van der Waals surface area contributed by atoms with Crippen LogP contribution in [0.25, 0.3) is 0 Å². The summed E-state index contributed by atoms with van der Waals surface area (Å²) >= 11 is 0. The molecule has 1 saturated carbocycles. The van der Waals surface area contributed by atoms with Gasteiger partial charge in [0, 0.05) is 46.3 Å². The summed E-state index contributed by atoms with van der Waals surface area (Å²) in [6.07, 6.45) is 5.38. The van der Waals surface area contributed by atoms with Gasteiger partial charge in [0.15, 0.2) is 0 Å². The summed E-state index contributed by atoms with van der Waals surface area (Å²) in [6.45, 7) is 4.07. The molecule has 1 aliphatic carbocycles. The first-order valence-electron chi connectivity index (χ1n) is 7.21. The van der Waals surface area contributed by atoms with Gasteiger partial charge in [-0.15, -0.1) is 0 Å². The number of nitrogens with zero attached hydrogens (tertiary/aromatic N) is 3. The van der Waals surface area contributed by atoms with E-state index in [0.29, 0.717) is 0 Å². The highest BCUT2D eigenvalue weighted by molar-refractivity contribution is 5.78. The standard InChI is InChI=1S/C14H27N3O/c1-15(2)14(18)12-10-16(3)8-9-17(11-12)13-6-4-5-7-13/h12-13H,4-11H2,1-3H3. The second kappa shape index (κ2) is 6.02. The van der Waals surface area contributed by atoms with Crippen LogP contribution in [0, 0.1) is 5.92 Å². The average Bonchev–Trinajstić information content (AvgIpc) is 2.79. The zero-order chi connectivity index (χ0) is 13.1. The highest BCUT2D eigenvalue weighted by atomic mass is 16.2. The lowest BCUT2D eigenvalue weighted by molar-refractivity contribution is -0.133. The van der Waals surface area contributed by atoms with Gasteiger partial charge in [0.25, 0.3) is 0 Å². The Kier molecular flexibility index (Phi) is 4.62. The molecule has 0 spiro atoms. The van der Waals surface area contributed by atoms with E-state index in [1.54, 1.807) is 4.90 Å². The molecule has 2 rings (SSSR count).